The van der Waals surface area contributed by atoms with Crippen molar-refractivity contribution in [3.05, 3.63) is 0 Å². The summed E-state index contributed by atoms with van der Waals surface area (Å²) in [7, 11) is 0. The van der Waals surface area contributed by atoms with E-state index in [9.17, 15) is 9.90 Å². The first-order valence-electron chi connectivity index (χ1n) is 4.72. The lowest BCUT2D eigenvalue weighted by Crippen LogP contribution is -2.63. The molecule has 0 radical (unpaired) electrons. The highest BCUT2D eigenvalue weighted by molar-refractivity contribution is 5.81. The molecular formula is C8H17N3O4. The zero-order valence-electron chi connectivity index (χ0n) is 8.46. The number of aliphatic hydroxyl groups excluding tert-OH is 2. The summed E-state index contributed by atoms with van der Waals surface area (Å²) in [4.78, 5) is 11.2. The summed E-state index contributed by atoms with van der Waals surface area (Å²) in [5.41, 5.74) is 10.8. The normalized spacial score (nSPS) is 38.5. The lowest BCUT2D eigenvalue weighted by Gasteiger charge is -2.36. The van der Waals surface area contributed by atoms with Crippen LogP contribution in [0.15, 0.2) is 0 Å². The number of hydrogen-bond donors (Lipinski definition) is 5. The minimum atomic E-state index is -1.21. The van der Waals surface area contributed by atoms with Crippen LogP contribution in [0.3, 0.4) is 0 Å². The second-order valence-corrected chi connectivity index (χ2v) is 3.70. The first-order valence-corrected chi connectivity index (χ1v) is 4.72. The largest absolute Gasteiger partial charge is 0.389 e. The van der Waals surface area contributed by atoms with Crippen molar-refractivity contribution in [3.63, 3.8) is 0 Å². The van der Waals surface area contributed by atoms with Crippen LogP contribution in [-0.4, -0.2) is 53.2 Å². The van der Waals surface area contributed by atoms with E-state index in [0.717, 1.165) is 0 Å². The van der Waals surface area contributed by atoms with Gasteiger partial charge in [-0.15, -0.1) is 0 Å². The first kappa shape index (κ1) is 12.3. The Balaban J connectivity index is 2.53. The average Bonchev–Trinajstić information content (AvgIpc) is 2.18. The summed E-state index contributed by atoms with van der Waals surface area (Å²) in [6.45, 7) is 1.54. The van der Waals surface area contributed by atoms with E-state index in [2.05, 4.69) is 5.32 Å². The molecule has 1 unspecified atom stereocenters. The van der Waals surface area contributed by atoms with Crippen molar-refractivity contribution in [1.29, 1.82) is 0 Å². The van der Waals surface area contributed by atoms with Crippen molar-refractivity contribution < 1.29 is 19.7 Å². The Kier molecular flexibility index (Phi) is 4.00. The zero-order valence-corrected chi connectivity index (χ0v) is 8.46. The van der Waals surface area contributed by atoms with Crippen molar-refractivity contribution >= 4 is 5.91 Å². The van der Waals surface area contributed by atoms with Crippen LogP contribution in [0.25, 0.3) is 0 Å². The van der Waals surface area contributed by atoms with Gasteiger partial charge in [0.05, 0.1) is 30.8 Å². The number of carbonyl (C=O) groups is 1. The topological polar surface area (TPSA) is 131 Å². The molecule has 1 amide bonds. The Hall–Kier alpha value is -0.730. The summed E-state index contributed by atoms with van der Waals surface area (Å²) >= 11 is 0. The van der Waals surface area contributed by atoms with Crippen LogP contribution in [0.2, 0.25) is 0 Å². The van der Waals surface area contributed by atoms with E-state index in [1.54, 1.807) is 0 Å². The van der Waals surface area contributed by atoms with Gasteiger partial charge in [0.2, 0.25) is 5.91 Å². The quantitative estimate of drug-likeness (QED) is 0.333. The molecule has 0 saturated carbocycles. The Morgan fingerprint density at radius 3 is 2.73 bits per heavy atom. The Bertz CT molecular complexity index is 236. The fourth-order valence-corrected chi connectivity index (χ4v) is 1.29. The Labute approximate surface area is 87.4 Å². The fraction of sp³-hybridized carbons (Fsp3) is 0.875. The van der Waals surface area contributed by atoms with Crippen LogP contribution in [0.1, 0.15) is 6.92 Å². The predicted molar refractivity (Wildman–Crippen MR) is 51.5 cm³/mol. The summed E-state index contributed by atoms with van der Waals surface area (Å²) in [6, 6.07) is -2.24. The summed E-state index contributed by atoms with van der Waals surface area (Å²) in [5, 5.41) is 21.3. The minimum absolute atomic E-state index is 0.00843. The van der Waals surface area contributed by atoms with E-state index in [-0.39, 0.29) is 6.61 Å². The van der Waals surface area contributed by atoms with Crippen molar-refractivity contribution in [2.24, 2.45) is 11.5 Å². The molecule has 1 heterocycles. The highest BCUT2D eigenvalue weighted by atomic mass is 16.6. The number of aliphatic hydroxyl groups is 2. The molecule has 0 bridgehead atoms. The van der Waals surface area contributed by atoms with Crippen LogP contribution in [-0.2, 0) is 9.53 Å². The van der Waals surface area contributed by atoms with Gasteiger partial charge in [-0.1, -0.05) is 0 Å². The monoisotopic (exact) mass is 219 g/mol. The van der Waals surface area contributed by atoms with Crippen molar-refractivity contribution in [2.75, 3.05) is 6.61 Å². The smallest absolute Gasteiger partial charge is 0.237 e. The molecule has 0 aliphatic carbocycles. The average molecular weight is 219 g/mol. The molecule has 88 valence electrons. The van der Waals surface area contributed by atoms with E-state index >= 15 is 0 Å². The Morgan fingerprint density at radius 2 is 2.20 bits per heavy atom. The molecule has 0 aromatic carbocycles. The molecular weight excluding hydrogens is 202 g/mol. The third-order valence-corrected chi connectivity index (χ3v) is 2.32. The third-order valence-electron chi connectivity index (χ3n) is 2.32. The van der Waals surface area contributed by atoms with Crippen molar-refractivity contribution in [3.8, 4) is 0 Å². The predicted octanol–water partition coefficient (Wildman–Crippen LogP) is -3.14. The van der Waals surface area contributed by atoms with E-state index in [1.165, 1.54) is 6.92 Å². The molecule has 1 aliphatic heterocycles. The molecule has 7 heteroatoms. The number of amides is 1. The second-order valence-electron chi connectivity index (χ2n) is 3.70. The number of hydrogen-bond acceptors (Lipinski definition) is 6. The van der Waals surface area contributed by atoms with Gasteiger partial charge in [-0.05, 0) is 6.92 Å². The molecule has 1 saturated heterocycles. The number of ether oxygens (including phenoxy) is 1. The van der Waals surface area contributed by atoms with E-state index < -0.39 is 36.4 Å². The van der Waals surface area contributed by atoms with Gasteiger partial charge in [0.15, 0.2) is 6.29 Å². The minimum Gasteiger partial charge on any atom is -0.389 e. The maximum atomic E-state index is 11.2. The fourth-order valence-electron chi connectivity index (χ4n) is 1.29. The SMILES string of the molecule is C[C@H](N)C(=O)N[C@H]1COC(O)[C@H](N)[C@H]1O. The Morgan fingerprint density at radius 1 is 1.60 bits per heavy atom. The standard InChI is InChI=1S/C8H17N3O4/c1-3(9)7(13)11-4-2-15-8(14)5(10)6(4)12/h3-6,8,12,14H,2,9-10H2,1H3,(H,11,13)/t3-,4-,5+,6-,8?/m0/s1. The van der Waals surface area contributed by atoms with Gasteiger partial charge in [0, 0.05) is 0 Å². The molecule has 0 spiro atoms. The summed E-state index contributed by atoms with van der Waals surface area (Å²) < 4.78 is 4.87. The van der Waals surface area contributed by atoms with Gasteiger partial charge in [-0.2, -0.15) is 0 Å². The third kappa shape index (κ3) is 2.86. The number of rotatable bonds is 2. The molecule has 1 fully saturated rings. The van der Waals surface area contributed by atoms with Crippen LogP contribution < -0.4 is 16.8 Å². The van der Waals surface area contributed by atoms with Crippen LogP contribution in [0, 0.1) is 0 Å². The van der Waals surface area contributed by atoms with Gasteiger partial charge < -0.3 is 31.7 Å². The number of carbonyl (C=O) groups excluding carboxylic acids is 1. The molecule has 0 aromatic rings. The number of nitrogens with two attached hydrogens (primary N) is 2. The van der Waals surface area contributed by atoms with Gasteiger partial charge in [-0.25, -0.2) is 0 Å². The maximum absolute atomic E-state index is 11.2. The lowest BCUT2D eigenvalue weighted by atomic mass is 10.0. The molecule has 5 atom stereocenters. The number of nitrogens with one attached hydrogen (secondary N) is 1. The van der Waals surface area contributed by atoms with Crippen LogP contribution in [0.4, 0.5) is 0 Å². The summed E-state index contributed by atoms with van der Waals surface area (Å²) in [6.07, 6.45) is -2.25. The highest BCUT2D eigenvalue weighted by Crippen LogP contribution is 2.11. The van der Waals surface area contributed by atoms with Gasteiger partial charge in [-0.3, -0.25) is 4.79 Å². The van der Waals surface area contributed by atoms with Crippen LogP contribution >= 0.6 is 0 Å². The molecule has 7 N–H and O–H groups in total. The lowest BCUT2D eigenvalue weighted by molar-refractivity contribution is -0.178. The van der Waals surface area contributed by atoms with Crippen molar-refractivity contribution in [1.82, 2.24) is 5.32 Å². The first-order chi connectivity index (χ1) is 6.93. The molecule has 1 rings (SSSR count). The van der Waals surface area contributed by atoms with Gasteiger partial charge >= 0.3 is 0 Å². The second kappa shape index (κ2) is 4.86. The van der Waals surface area contributed by atoms with Crippen LogP contribution in [0.5, 0.6) is 0 Å². The van der Waals surface area contributed by atoms with Crippen molar-refractivity contribution in [2.45, 2.75) is 37.4 Å². The maximum Gasteiger partial charge on any atom is 0.237 e. The van der Waals surface area contributed by atoms with Gasteiger partial charge in [0.1, 0.15) is 0 Å². The summed E-state index contributed by atoms with van der Waals surface area (Å²) in [5.74, 6) is -0.397. The highest BCUT2D eigenvalue weighted by Gasteiger charge is 2.37. The zero-order chi connectivity index (χ0) is 11.6. The molecule has 7 nitrogen and oxygen atoms in total. The van der Waals surface area contributed by atoms with Gasteiger partial charge in [0.25, 0.3) is 0 Å². The van der Waals surface area contributed by atoms with E-state index in [1.807, 2.05) is 0 Å². The molecule has 0 aromatic heterocycles. The van der Waals surface area contributed by atoms with E-state index in [4.69, 9.17) is 21.3 Å². The van der Waals surface area contributed by atoms with E-state index in [0.29, 0.717) is 0 Å². The molecule has 1 aliphatic rings. The molecule has 15 heavy (non-hydrogen) atoms.